The molecule has 5 nitrogen and oxygen atoms in total. The highest BCUT2D eigenvalue weighted by Crippen LogP contribution is 2.17. The predicted octanol–water partition coefficient (Wildman–Crippen LogP) is 1.91. The summed E-state index contributed by atoms with van der Waals surface area (Å²) in [4.78, 5) is 23.4. The lowest BCUT2D eigenvalue weighted by molar-refractivity contribution is -0.167. The fourth-order valence-electron chi connectivity index (χ4n) is 2.03. The number of benzene rings is 1. The number of esters is 1. The van der Waals surface area contributed by atoms with E-state index in [1.807, 2.05) is 31.2 Å². The number of carboxylic acids is 1. The second kappa shape index (κ2) is 6.72. The van der Waals surface area contributed by atoms with Gasteiger partial charge in [-0.2, -0.15) is 0 Å². The van der Waals surface area contributed by atoms with Crippen LogP contribution in [-0.4, -0.2) is 28.7 Å². The van der Waals surface area contributed by atoms with Crippen molar-refractivity contribution in [2.24, 2.45) is 11.7 Å². The molecule has 0 saturated heterocycles. The van der Waals surface area contributed by atoms with Crippen LogP contribution in [-0.2, 0) is 20.7 Å². The second-order valence-corrected chi connectivity index (χ2v) is 6.14. The molecule has 0 bridgehead atoms. The molecule has 3 N–H and O–H groups in total. The Hall–Kier alpha value is -1.88. The maximum absolute atomic E-state index is 12.0. The van der Waals surface area contributed by atoms with Gasteiger partial charge in [0.25, 0.3) is 0 Å². The Kier molecular flexibility index (Phi) is 5.49. The number of ether oxygens (including phenoxy) is 1. The summed E-state index contributed by atoms with van der Waals surface area (Å²) >= 11 is 0. The number of carbonyl (C=O) groups excluding carboxylic acids is 1. The van der Waals surface area contributed by atoms with Crippen molar-refractivity contribution in [3.05, 3.63) is 35.4 Å². The molecule has 0 radical (unpaired) electrons. The summed E-state index contributed by atoms with van der Waals surface area (Å²) in [7, 11) is 0. The quantitative estimate of drug-likeness (QED) is 0.639. The number of nitrogens with two attached hydrogens (primary N) is 1. The molecule has 5 heteroatoms. The highest BCUT2D eigenvalue weighted by Gasteiger charge is 2.36. The summed E-state index contributed by atoms with van der Waals surface area (Å²) < 4.78 is 5.15. The van der Waals surface area contributed by atoms with E-state index in [4.69, 9.17) is 10.5 Å². The van der Waals surface area contributed by atoms with Crippen molar-refractivity contribution in [3.8, 4) is 0 Å². The minimum atomic E-state index is -1.37. The number of rotatable bonds is 5. The van der Waals surface area contributed by atoms with Crippen molar-refractivity contribution in [2.45, 2.75) is 45.8 Å². The summed E-state index contributed by atoms with van der Waals surface area (Å²) in [5, 5.41) is 9.28. The molecule has 0 aromatic heterocycles. The highest BCUT2D eigenvalue weighted by molar-refractivity contribution is 5.95. The molecule has 0 unspecified atom stereocenters. The van der Waals surface area contributed by atoms with Crippen molar-refractivity contribution in [1.29, 1.82) is 0 Å². The van der Waals surface area contributed by atoms with E-state index < -0.39 is 29.5 Å². The first-order valence-corrected chi connectivity index (χ1v) is 6.87. The molecule has 0 aliphatic carbocycles. The van der Waals surface area contributed by atoms with Crippen molar-refractivity contribution in [3.63, 3.8) is 0 Å². The zero-order valence-electron chi connectivity index (χ0n) is 12.9. The fourth-order valence-corrected chi connectivity index (χ4v) is 2.03. The van der Waals surface area contributed by atoms with E-state index in [9.17, 15) is 14.7 Å². The van der Waals surface area contributed by atoms with E-state index in [0.717, 1.165) is 11.1 Å². The number of hydrogen-bond donors (Lipinski definition) is 2. The Morgan fingerprint density at radius 1 is 1.29 bits per heavy atom. The van der Waals surface area contributed by atoms with Gasteiger partial charge in [-0.15, -0.1) is 0 Å². The Bertz CT molecular complexity index is 519. The summed E-state index contributed by atoms with van der Waals surface area (Å²) in [5.41, 5.74) is 7.16. The summed E-state index contributed by atoms with van der Waals surface area (Å²) in [5.74, 6) is -3.43. The van der Waals surface area contributed by atoms with Crippen molar-refractivity contribution >= 4 is 11.9 Å². The second-order valence-electron chi connectivity index (χ2n) is 6.14. The number of aryl methyl sites for hydroxylation is 1. The van der Waals surface area contributed by atoms with E-state index in [2.05, 4.69) is 0 Å². The minimum absolute atomic E-state index is 0.308. The highest BCUT2D eigenvalue weighted by atomic mass is 16.6. The summed E-state index contributed by atoms with van der Waals surface area (Å²) in [6.45, 7) is 7.00. The van der Waals surface area contributed by atoms with Crippen LogP contribution in [0.4, 0.5) is 0 Å². The Labute approximate surface area is 125 Å². The number of hydrogen-bond acceptors (Lipinski definition) is 4. The first-order chi connectivity index (χ1) is 9.61. The average Bonchev–Trinajstić information content (AvgIpc) is 2.29. The molecule has 1 rings (SSSR count). The Balaban J connectivity index is 2.88. The molecule has 2 atom stereocenters. The lowest BCUT2D eigenvalue weighted by Gasteiger charge is -2.25. The first-order valence-electron chi connectivity index (χ1n) is 6.87. The van der Waals surface area contributed by atoms with Crippen LogP contribution in [0.5, 0.6) is 0 Å². The van der Waals surface area contributed by atoms with Crippen molar-refractivity contribution in [1.82, 2.24) is 0 Å². The van der Waals surface area contributed by atoms with Gasteiger partial charge in [0.1, 0.15) is 5.60 Å². The molecule has 0 amide bonds. The fraction of sp³-hybridized carbons (Fsp3) is 0.500. The van der Waals surface area contributed by atoms with Crippen LogP contribution in [0.2, 0.25) is 0 Å². The predicted molar refractivity (Wildman–Crippen MR) is 79.8 cm³/mol. The smallest absolute Gasteiger partial charge is 0.322 e. The SMILES string of the molecule is Cc1ccccc1C[C@@H](N)[C@@H](C(=O)O)C(=O)OC(C)(C)C. The molecule has 116 valence electrons. The van der Waals surface area contributed by atoms with E-state index >= 15 is 0 Å². The monoisotopic (exact) mass is 293 g/mol. The molecule has 0 aliphatic heterocycles. The third kappa shape index (κ3) is 5.19. The number of carbonyl (C=O) groups is 2. The van der Waals surface area contributed by atoms with Gasteiger partial charge in [0.05, 0.1) is 0 Å². The molecule has 1 aromatic carbocycles. The normalized spacial score (nSPS) is 14.3. The van der Waals surface area contributed by atoms with Gasteiger partial charge in [0, 0.05) is 6.04 Å². The van der Waals surface area contributed by atoms with E-state index in [0.29, 0.717) is 6.42 Å². The van der Waals surface area contributed by atoms with Gasteiger partial charge >= 0.3 is 11.9 Å². The van der Waals surface area contributed by atoms with Crippen molar-refractivity contribution in [2.75, 3.05) is 0 Å². The molecule has 1 aromatic rings. The zero-order valence-corrected chi connectivity index (χ0v) is 12.9. The molecule has 21 heavy (non-hydrogen) atoms. The van der Waals surface area contributed by atoms with Crippen molar-refractivity contribution < 1.29 is 19.4 Å². The average molecular weight is 293 g/mol. The molecule has 0 heterocycles. The van der Waals surface area contributed by atoms with Gasteiger partial charge in [-0.05, 0) is 45.2 Å². The van der Waals surface area contributed by atoms with Crippen LogP contribution >= 0.6 is 0 Å². The Morgan fingerprint density at radius 3 is 2.33 bits per heavy atom. The Morgan fingerprint density at radius 2 is 1.86 bits per heavy atom. The van der Waals surface area contributed by atoms with Gasteiger partial charge in [0.2, 0.25) is 0 Å². The maximum Gasteiger partial charge on any atom is 0.322 e. The maximum atomic E-state index is 12.0. The molecular formula is C16H23NO4. The minimum Gasteiger partial charge on any atom is -0.481 e. The van der Waals surface area contributed by atoms with Gasteiger partial charge in [-0.3, -0.25) is 9.59 Å². The van der Waals surface area contributed by atoms with Gasteiger partial charge in [-0.1, -0.05) is 24.3 Å². The van der Waals surface area contributed by atoms with E-state index in [1.54, 1.807) is 20.8 Å². The third-order valence-electron chi connectivity index (χ3n) is 3.07. The molecule has 0 spiro atoms. The molecule has 0 fully saturated rings. The van der Waals surface area contributed by atoms with Gasteiger partial charge in [0.15, 0.2) is 5.92 Å². The molecule has 0 aliphatic rings. The van der Waals surface area contributed by atoms with E-state index in [1.165, 1.54) is 0 Å². The van der Waals surface area contributed by atoms with Crippen LogP contribution in [0.3, 0.4) is 0 Å². The third-order valence-corrected chi connectivity index (χ3v) is 3.07. The van der Waals surface area contributed by atoms with Crippen LogP contribution in [0.15, 0.2) is 24.3 Å². The molecule has 0 saturated carbocycles. The summed E-state index contributed by atoms with van der Waals surface area (Å²) in [6.07, 6.45) is 0.308. The standard InChI is InChI=1S/C16H23NO4/c1-10-7-5-6-8-11(10)9-12(17)13(14(18)19)15(20)21-16(2,3)4/h5-8,12-13H,9,17H2,1-4H3,(H,18,19)/t12-,13+/m1/s1. The first kappa shape index (κ1) is 17.2. The van der Waals surface area contributed by atoms with Crippen LogP contribution in [0, 0.1) is 12.8 Å². The van der Waals surface area contributed by atoms with Crippen LogP contribution in [0.25, 0.3) is 0 Å². The van der Waals surface area contributed by atoms with E-state index in [-0.39, 0.29) is 0 Å². The number of aliphatic carboxylic acids is 1. The van der Waals surface area contributed by atoms with Crippen LogP contribution in [0.1, 0.15) is 31.9 Å². The lowest BCUT2D eigenvalue weighted by Crippen LogP contribution is -2.45. The topological polar surface area (TPSA) is 89.6 Å². The molecular weight excluding hydrogens is 270 g/mol. The van der Waals surface area contributed by atoms with Crippen LogP contribution < -0.4 is 5.73 Å². The summed E-state index contributed by atoms with van der Waals surface area (Å²) in [6, 6.07) is 6.72. The van der Waals surface area contributed by atoms with Gasteiger partial charge in [-0.25, -0.2) is 0 Å². The zero-order chi connectivity index (χ0) is 16.2. The number of carboxylic acid groups (broad SMARTS) is 1. The largest absolute Gasteiger partial charge is 0.481 e. The lowest BCUT2D eigenvalue weighted by atomic mass is 9.92. The van der Waals surface area contributed by atoms with Gasteiger partial charge < -0.3 is 15.6 Å².